The van der Waals surface area contributed by atoms with Gasteiger partial charge in [0.05, 0.1) is 24.3 Å². The minimum atomic E-state index is -6.00. The summed E-state index contributed by atoms with van der Waals surface area (Å²) in [5, 5.41) is 0. The van der Waals surface area contributed by atoms with Crippen LogP contribution in [0.4, 0.5) is 32.6 Å². The van der Waals surface area contributed by atoms with Crippen molar-refractivity contribution in [1.29, 1.82) is 0 Å². The molecule has 0 aliphatic heterocycles. The van der Waals surface area contributed by atoms with Crippen molar-refractivity contribution in [3.63, 3.8) is 0 Å². The molecule has 3 aromatic rings. The normalized spacial score (nSPS) is 12.6. The number of alkyl halides is 5. The van der Waals surface area contributed by atoms with Gasteiger partial charge >= 0.3 is 24.2 Å². The zero-order valence-corrected chi connectivity index (χ0v) is 24.5. The Morgan fingerprint density at radius 2 is 1.67 bits per heavy atom. The highest BCUT2D eigenvalue weighted by molar-refractivity contribution is 7.91. The molecule has 0 aliphatic carbocycles. The maximum Gasteiger partial charge on any atom is 0.458 e. The number of hydrogen-bond acceptors (Lipinski definition) is 10. The fraction of sp³-hybridized carbons (Fsp3) is 0.400. The van der Waals surface area contributed by atoms with Crippen molar-refractivity contribution in [1.82, 2.24) is 15.0 Å². The largest absolute Gasteiger partial charge is 0.465 e. The van der Waals surface area contributed by atoms with Gasteiger partial charge in [0.2, 0.25) is 0 Å². The Morgan fingerprint density at radius 1 is 1.05 bits per heavy atom. The van der Waals surface area contributed by atoms with Crippen LogP contribution in [0.3, 0.4) is 0 Å². The summed E-state index contributed by atoms with van der Waals surface area (Å²) in [5.74, 6) is -7.58. The molecular weight excluding hydrogens is 611 g/mol. The first-order chi connectivity index (χ1) is 19.3. The number of esters is 1. The Morgan fingerprint density at radius 3 is 2.19 bits per heavy atom. The third-order valence-corrected chi connectivity index (χ3v) is 8.37. The van der Waals surface area contributed by atoms with Gasteiger partial charge in [-0.05, 0) is 50.6 Å². The summed E-state index contributed by atoms with van der Waals surface area (Å²) < 4.78 is 104. The fourth-order valence-corrected chi connectivity index (χ4v) is 5.51. The first-order valence-electron chi connectivity index (χ1n) is 12.0. The average molecular weight is 637 g/mol. The summed E-state index contributed by atoms with van der Waals surface area (Å²) in [6, 6.07) is 4.32. The summed E-state index contributed by atoms with van der Waals surface area (Å²) in [5.41, 5.74) is -1.68. The summed E-state index contributed by atoms with van der Waals surface area (Å²) in [6.07, 6.45) is -4.48. The zero-order valence-electron chi connectivity index (χ0n) is 22.8. The predicted octanol–water partition coefficient (Wildman–Crippen LogP) is 5.78. The summed E-state index contributed by atoms with van der Waals surface area (Å²) in [4.78, 5) is 36.2. The average Bonchev–Trinajstić information content (AvgIpc) is 3.34. The Bertz CT molecular complexity index is 1570. The van der Waals surface area contributed by atoms with Crippen LogP contribution < -0.4 is 4.90 Å². The standard InChI is InChI=1S/C25H25F5N4O6S2/c1-6-42(37,38)16-9-8-15(19-31-10-7-11-32-19)33-20(16)34(22(36)40-23(2,3)4)13-14-12-17(24(26,27)25(28,29)30)41-18(14)21(35)39-5/h7-12H,6,13H2,1-5H3. The second kappa shape index (κ2) is 11.9. The molecule has 3 heterocycles. The third-order valence-electron chi connectivity index (χ3n) is 5.39. The molecule has 0 N–H and O–H groups in total. The lowest BCUT2D eigenvalue weighted by molar-refractivity contribution is -0.287. The minimum absolute atomic E-state index is 0.00276. The quantitative estimate of drug-likeness (QED) is 0.223. The highest BCUT2D eigenvalue weighted by atomic mass is 32.2. The van der Waals surface area contributed by atoms with Crippen LogP contribution in [0.15, 0.2) is 41.6 Å². The van der Waals surface area contributed by atoms with Crippen molar-refractivity contribution in [2.24, 2.45) is 0 Å². The predicted molar refractivity (Wildman–Crippen MR) is 141 cm³/mol. The second-order valence-corrected chi connectivity index (χ2v) is 12.9. The molecule has 10 nitrogen and oxygen atoms in total. The topological polar surface area (TPSA) is 129 Å². The maximum absolute atomic E-state index is 14.3. The van der Waals surface area contributed by atoms with Crippen LogP contribution in [0.1, 0.15) is 47.8 Å². The van der Waals surface area contributed by atoms with E-state index in [0.717, 1.165) is 13.2 Å². The molecule has 0 saturated heterocycles. The fourth-order valence-electron chi connectivity index (χ4n) is 3.40. The SMILES string of the molecule is CCS(=O)(=O)c1ccc(-c2ncccn2)nc1N(Cc1cc(C(F)(F)C(F)(F)F)sc1C(=O)OC)C(=O)OC(C)(C)C. The number of anilines is 1. The van der Waals surface area contributed by atoms with Gasteiger partial charge in [0, 0.05) is 12.4 Å². The molecule has 0 aromatic carbocycles. The van der Waals surface area contributed by atoms with Gasteiger partial charge in [0.15, 0.2) is 21.5 Å². The van der Waals surface area contributed by atoms with E-state index in [1.165, 1.54) is 52.2 Å². The molecular formula is C25H25F5N4O6S2. The van der Waals surface area contributed by atoms with E-state index in [1.807, 2.05) is 0 Å². The maximum atomic E-state index is 14.3. The van der Waals surface area contributed by atoms with E-state index in [-0.39, 0.29) is 22.9 Å². The van der Waals surface area contributed by atoms with Gasteiger partial charge in [-0.25, -0.2) is 33.0 Å². The van der Waals surface area contributed by atoms with Crippen LogP contribution in [0, 0.1) is 0 Å². The number of aromatic nitrogens is 3. The van der Waals surface area contributed by atoms with Gasteiger partial charge in [-0.15, -0.1) is 11.3 Å². The number of nitrogens with zero attached hydrogens (tertiary/aromatic N) is 4. The van der Waals surface area contributed by atoms with E-state index < -0.39 is 77.9 Å². The number of thiophene rings is 1. The van der Waals surface area contributed by atoms with Crippen LogP contribution in [0.25, 0.3) is 11.5 Å². The molecule has 0 bridgehead atoms. The summed E-state index contributed by atoms with van der Waals surface area (Å²) >= 11 is -0.180. The van der Waals surface area contributed by atoms with Crippen LogP contribution in [-0.4, -0.2) is 60.1 Å². The van der Waals surface area contributed by atoms with Gasteiger partial charge in [0.25, 0.3) is 0 Å². The van der Waals surface area contributed by atoms with Crippen molar-refractivity contribution in [2.75, 3.05) is 17.8 Å². The number of hydrogen-bond donors (Lipinski definition) is 0. The minimum Gasteiger partial charge on any atom is -0.465 e. The highest BCUT2D eigenvalue weighted by Crippen LogP contribution is 2.47. The molecule has 0 aliphatic rings. The van der Waals surface area contributed by atoms with Crippen molar-refractivity contribution < 1.29 is 49.4 Å². The van der Waals surface area contributed by atoms with Crippen molar-refractivity contribution in [3.8, 4) is 11.5 Å². The molecule has 0 unspecified atom stereocenters. The van der Waals surface area contributed by atoms with Crippen LogP contribution in [0.2, 0.25) is 0 Å². The molecule has 1 amide bonds. The number of ether oxygens (including phenoxy) is 2. The number of rotatable bonds is 8. The van der Waals surface area contributed by atoms with Crippen molar-refractivity contribution >= 4 is 39.1 Å². The molecule has 0 saturated carbocycles. The van der Waals surface area contributed by atoms with E-state index in [4.69, 9.17) is 4.74 Å². The van der Waals surface area contributed by atoms with Crippen LogP contribution in [-0.2, 0) is 31.8 Å². The number of sulfone groups is 1. The molecule has 0 radical (unpaired) electrons. The molecule has 3 aromatic heterocycles. The summed E-state index contributed by atoms with van der Waals surface area (Å²) in [6.45, 7) is 4.88. The van der Waals surface area contributed by atoms with E-state index in [9.17, 15) is 40.0 Å². The van der Waals surface area contributed by atoms with Crippen molar-refractivity contribution in [3.05, 3.63) is 52.0 Å². The number of carbonyl (C=O) groups is 2. The lowest BCUT2D eigenvalue weighted by Crippen LogP contribution is -2.38. The van der Waals surface area contributed by atoms with Gasteiger partial charge in [-0.3, -0.25) is 4.90 Å². The second-order valence-electron chi connectivity index (χ2n) is 9.59. The summed E-state index contributed by atoms with van der Waals surface area (Å²) in [7, 11) is -3.24. The van der Waals surface area contributed by atoms with Gasteiger partial charge < -0.3 is 9.47 Å². The number of carbonyl (C=O) groups excluding carboxylic acids is 2. The Kier molecular flexibility index (Phi) is 9.26. The van der Waals surface area contributed by atoms with Crippen LogP contribution >= 0.6 is 11.3 Å². The molecule has 0 atom stereocenters. The first-order valence-corrected chi connectivity index (χ1v) is 14.5. The number of methoxy groups -OCH3 is 1. The number of pyridine rings is 1. The molecule has 0 spiro atoms. The Balaban J connectivity index is 2.32. The number of halogens is 5. The van der Waals surface area contributed by atoms with Crippen molar-refractivity contribution in [2.45, 2.75) is 56.8 Å². The van der Waals surface area contributed by atoms with E-state index in [2.05, 4.69) is 19.7 Å². The van der Waals surface area contributed by atoms with E-state index in [0.29, 0.717) is 11.0 Å². The highest BCUT2D eigenvalue weighted by Gasteiger charge is 2.60. The lowest BCUT2D eigenvalue weighted by Gasteiger charge is -2.28. The molecule has 17 heteroatoms. The molecule has 3 rings (SSSR count). The van der Waals surface area contributed by atoms with Gasteiger partial charge in [-0.1, -0.05) is 6.92 Å². The molecule has 228 valence electrons. The molecule has 0 fully saturated rings. The smallest absolute Gasteiger partial charge is 0.458 e. The zero-order chi connectivity index (χ0) is 31.7. The third kappa shape index (κ3) is 7.00. The molecule has 42 heavy (non-hydrogen) atoms. The van der Waals surface area contributed by atoms with Gasteiger partial charge in [0.1, 0.15) is 21.1 Å². The lowest BCUT2D eigenvalue weighted by atomic mass is 10.1. The van der Waals surface area contributed by atoms with E-state index in [1.54, 1.807) is 0 Å². The number of amides is 1. The van der Waals surface area contributed by atoms with E-state index >= 15 is 0 Å². The first kappa shape index (κ1) is 32.8. The van der Waals surface area contributed by atoms with Gasteiger partial charge in [-0.2, -0.15) is 22.0 Å². The Hall–Kier alpha value is -3.73. The van der Waals surface area contributed by atoms with Crippen LogP contribution in [0.5, 0.6) is 0 Å². The monoisotopic (exact) mass is 636 g/mol. The Labute approximate surface area is 241 Å².